The van der Waals surface area contributed by atoms with Crippen LogP contribution in [-0.2, 0) is 11.3 Å². The van der Waals surface area contributed by atoms with E-state index in [-0.39, 0.29) is 17.5 Å². The van der Waals surface area contributed by atoms with E-state index in [1.807, 2.05) is 0 Å². The molecule has 0 aliphatic rings. The maximum absolute atomic E-state index is 12.0. The Labute approximate surface area is 138 Å². The molecule has 6 heteroatoms. The number of nitrogens with zero attached hydrogens (tertiary/aromatic N) is 2. The lowest BCUT2D eigenvalue weighted by atomic mass is 10.1. The Morgan fingerprint density at radius 3 is 2.43 bits per heavy atom. The normalized spacial score (nSPS) is 11.1. The fourth-order valence-electron chi connectivity index (χ4n) is 1.98. The average Bonchev–Trinajstić information content (AvgIpc) is 2.91. The smallest absolute Gasteiger partial charge is 0.273 e. The highest BCUT2D eigenvalue weighted by molar-refractivity contribution is 5.91. The molecule has 0 aliphatic carbocycles. The Morgan fingerprint density at radius 1 is 1.22 bits per heavy atom. The molecule has 1 N–H and O–H groups in total. The fourth-order valence-corrected chi connectivity index (χ4v) is 1.98. The molecule has 0 saturated heterocycles. The molecule has 1 rings (SSSR count). The van der Waals surface area contributed by atoms with Crippen LogP contribution in [0.25, 0.3) is 0 Å². The second-order valence-corrected chi connectivity index (χ2v) is 6.69. The predicted octanol–water partition coefficient (Wildman–Crippen LogP) is 2.85. The predicted molar refractivity (Wildman–Crippen MR) is 88.8 cm³/mol. The lowest BCUT2D eigenvalue weighted by Gasteiger charge is -2.20. The molecule has 0 fully saturated rings. The van der Waals surface area contributed by atoms with Crippen molar-refractivity contribution < 1.29 is 14.0 Å². The molecule has 0 spiro atoms. The Balaban J connectivity index is 2.56. The van der Waals surface area contributed by atoms with Crippen molar-refractivity contribution in [2.45, 2.75) is 54.0 Å². The highest BCUT2D eigenvalue weighted by atomic mass is 16.3. The molecule has 1 aromatic rings. The first-order chi connectivity index (χ1) is 10.8. The van der Waals surface area contributed by atoms with E-state index < -0.39 is 0 Å². The third-order valence-electron chi connectivity index (χ3n) is 3.54. The van der Waals surface area contributed by atoms with Gasteiger partial charge in [0.15, 0.2) is 5.69 Å². The van der Waals surface area contributed by atoms with Gasteiger partial charge in [0.2, 0.25) is 11.8 Å². The lowest BCUT2D eigenvalue weighted by molar-refractivity contribution is -0.129. The third kappa shape index (κ3) is 7.30. The highest BCUT2D eigenvalue weighted by Gasteiger charge is 2.16. The summed E-state index contributed by atoms with van der Waals surface area (Å²) >= 11 is 0. The van der Waals surface area contributed by atoms with Crippen LogP contribution in [0.1, 0.15) is 63.8 Å². The van der Waals surface area contributed by atoms with Gasteiger partial charge in [0, 0.05) is 20.0 Å². The third-order valence-corrected chi connectivity index (χ3v) is 3.54. The van der Waals surface area contributed by atoms with Crippen molar-refractivity contribution in [2.24, 2.45) is 11.8 Å². The van der Waals surface area contributed by atoms with Gasteiger partial charge in [-0.2, -0.15) is 0 Å². The van der Waals surface area contributed by atoms with Crippen molar-refractivity contribution in [3.63, 3.8) is 0 Å². The minimum absolute atomic E-state index is 0.0215. The second-order valence-electron chi connectivity index (χ2n) is 6.69. The maximum atomic E-state index is 12.0. The summed E-state index contributed by atoms with van der Waals surface area (Å²) in [4.78, 5) is 29.5. The number of carbonyl (C=O) groups excluding carboxylic acids is 2. The van der Waals surface area contributed by atoms with Crippen LogP contribution in [0.3, 0.4) is 0 Å². The summed E-state index contributed by atoms with van der Waals surface area (Å²) in [6.45, 7) is 11.5. The monoisotopic (exact) mass is 323 g/mol. The molecule has 23 heavy (non-hydrogen) atoms. The number of oxazole rings is 1. The van der Waals surface area contributed by atoms with E-state index in [4.69, 9.17) is 4.42 Å². The first-order valence-electron chi connectivity index (χ1n) is 8.27. The van der Waals surface area contributed by atoms with E-state index in [0.717, 1.165) is 12.8 Å². The van der Waals surface area contributed by atoms with Gasteiger partial charge in [0.05, 0.1) is 6.54 Å². The Morgan fingerprint density at radius 2 is 1.87 bits per heavy atom. The zero-order valence-electron chi connectivity index (χ0n) is 14.9. The fraction of sp³-hybridized carbons (Fsp3) is 0.706. The number of aromatic nitrogens is 1. The summed E-state index contributed by atoms with van der Waals surface area (Å²) in [5.41, 5.74) is 0.260. The number of hydrogen-bond acceptors (Lipinski definition) is 4. The molecule has 2 amide bonds. The van der Waals surface area contributed by atoms with Crippen molar-refractivity contribution in [3.05, 3.63) is 17.8 Å². The van der Waals surface area contributed by atoms with Gasteiger partial charge >= 0.3 is 0 Å². The van der Waals surface area contributed by atoms with E-state index in [1.54, 1.807) is 4.90 Å². The summed E-state index contributed by atoms with van der Waals surface area (Å²) in [7, 11) is 0. The second kappa shape index (κ2) is 9.33. The lowest BCUT2D eigenvalue weighted by Crippen LogP contribution is -2.30. The Kier molecular flexibility index (Phi) is 7.78. The van der Waals surface area contributed by atoms with Crippen molar-refractivity contribution in [1.82, 2.24) is 15.2 Å². The van der Waals surface area contributed by atoms with Crippen LogP contribution in [0.4, 0.5) is 0 Å². The Hall–Kier alpha value is -1.85. The summed E-state index contributed by atoms with van der Waals surface area (Å²) < 4.78 is 5.33. The molecule has 0 saturated carbocycles. The average molecular weight is 323 g/mol. The number of amides is 2. The van der Waals surface area contributed by atoms with Crippen molar-refractivity contribution in [2.75, 3.05) is 13.1 Å². The van der Waals surface area contributed by atoms with E-state index in [1.165, 1.54) is 13.2 Å². The zero-order valence-corrected chi connectivity index (χ0v) is 14.9. The quantitative estimate of drug-likeness (QED) is 0.758. The molecule has 0 radical (unpaired) electrons. The first-order valence-corrected chi connectivity index (χ1v) is 8.27. The molecule has 1 aromatic heterocycles. The van der Waals surface area contributed by atoms with Crippen LogP contribution in [0.15, 0.2) is 10.7 Å². The van der Waals surface area contributed by atoms with Crippen LogP contribution >= 0.6 is 0 Å². The van der Waals surface area contributed by atoms with E-state index >= 15 is 0 Å². The van der Waals surface area contributed by atoms with Crippen LogP contribution < -0.4 is 5.32 Å². The maximum Gasteiger partial charge on any atom is 0.273 e. The SMILES string of the molecule is CC(=O)N(CCC(C)C)Cc1nc(C(=O)NCCC(C)C)co1. The minimum atomic E-state index is -0.239. The minimum Gasteiger partial charge on any atom is -0.446 e. The molecule has 0 bridgehead atoms. The molecule has 130 valence electrons. The first kappa shape index (κ1) is 19.2. The van der Waals surface area contributed by atoms with E-state index in [9.17, 15) is 9.59 Å². The molecular weight excluding hydrogens is 294 g/mol. The standard InChI is InChI=1S/C17H29N3O3/c1-12(2)6-8-18-17(22)15-11-23-16(19-15)10-20(14(5)21)9-7-13(3)4/h11-13H,6-10H2,1-5H3,(H,18,22). The molecular formula is C17H29N3O3. The van der Waals surface area contributed by atoms with E-state index in [0.29, 0.717) is 37.4 Å². The molecule has 6 nitrogen and oxygen atoms in total. The summed E-state index contributed by atoms with van der Waals surface area (Å²) in [6.07, 6.45) is 3.19. The van der Waals surface area contributed by atoms with Gasteiger partial charge in [-0.3, -0.25) is 9.59 Å². The van der Waals surface area contributed by atoms with Crippen molar-refractivity contribution >= 4 is 11.8 Å². The largest absolute Gasteiger partial charge is 0.446 e. The summed E-state index contributed by atoms with van der Waals surface area (Å²) in [6, 6.07) is 0. The van der Waals surface area contributed by atoms with Gasteiger partial charge in [-0.05, 0) is 24.7 Å². The van der Waals surface area contributed by atoms with Crippen LogP contribution in [-0.4, -0.2) is 34.8 Å². The van der Waals surface area contributed by atoms with Gasteiger partial charge in [-0.25, -0.2) is 4.98 Å². The van der Waals surface area contributed by atoms with Crippen LogP contribution in [0.2, 0.25) is 0 Å². The van der Waals surface area contributed by atoms with Crippen molar-refractivity contribution in [1.29, 1.82) is 0 Å². The van der Waals surface area contributed by atoms with Gasteiger partial charge in [-0.1, -0.05) is 27.7 Å². The topological polar surface area (TPSA) is 75.4 Å². The highest BCUT2D eigenvalue weighted by Crippen LogP contribution is 2.09. The van der Waals surface area contributed by atoms with Gasteiger partial charge in [0.25, 0.3) is 5.91 Å². The number of carbonyl (C=O) groups is 2. The number of nitrogens with one attached hydrogen (secondary N) is 1. The van der Waals surface area contributed by atoms with Crippen LogP contribution in [0.5, 0.6) is 0 Å². The van der Waals surface area contributed by atoms with E-state index in [2.05, 4.69) is 38.0 Å². The summed E-state index contributed by atoms with van der Waals surface area (Å²) in [5.74, 6) is 1.18. The molecule has 0 aromatic carbocycles. The van der Waals surface area contributed by atoms with Gasteiger partial charge in [0.1, 0.15) is 6.26 Å². The van der Waals surface area contributed by atoms with Crippen LogP contribution in [0, 0.1) is 11.8 Å². The van der Waals surface area contributed by atoms with Crippen molar-refractivity contribution in [3.8, 4) is 0 Å². The molecule has 0 unspecified atom stereocenters. The Bertz CT molecular complexity index is 509. The molecule has 1 heterocycles. The number of hydrogen-bond donors (Lipinski definition) is 1. The molecule has 0 atom stereocenters. The molecule has 0 aliphatic heterocycles. The summed E-state index contributed by atoms with van der Waals surface area (Å²) in [5, 5.41) is 2.82. The number of rotatable bonds is 9. The zero-order chi connectivity index (χ0) is 17.4. The van der Waals surface area contributed by atoms with Gasteiger partial charge < -0.3 is 14.6 Å². The van der Waals surface area contributed by atoms with Gasteiger partial charge in [-0.15, -0.1) is 0 Å².